The van der Waals surface area contributed by atoms with Crippen LogP contribution in [0.1, 0.15) is 5.56 Å². The molecule has 6 heteroatoms. The fourth-order valence-corrected chi connectivity index (χ4v) is 1.53. The molecule has 0 amide bonds. The molecular formula is C11H9Cl2N3O. The Hall–Kier alpha value is -1.36. The first-order valence-corrected chi connectivity index (χ1v) is 5.60. The maximum atomic E-state index is 5.88. The summed E-state index contributed by atoms with van der Waals surface area (Å²) in [4.78, 5) is 0. The van der Waals surface area contributed by atoms with E-state index in [0.717, 1.165) is 5.56 Å². The van der Waals surface area contributed by atoms with E-state index in [1.807, 2.05) is 0 Å². The SMILES string of the molecule is NCc1ccnnc1Oc1ccc(Cl)c(Cl)c1. The van der Waals surface area contributed by atoms with Gasteiger partial charge in [0.2, 0.25) is 5.88 Å². The number of nitrogens with two attached hydrogens (primary N) is 1. The van der Waals surface area contributed by atoms with Gasteiger partial charge in [0.1, 0.15) is 5.75 Å². The molecule has 0 aliphatic rings. The Morgan fingerprint density at radius 2 is 2.00 bits per heavy atom. The minimum Gasteiger partial charge on any atom is -0.437 e. The highest BCUT2D eigenvalue weighted by molar-refractivity contribution is 6.42. The monoisotopic (exact) mass is 269 g/mol. The molecule has 0 saturated carbocycles. The second-order valence-corrected chi connectivity index (χ2v) is 4.06. The largest absolute Gasteiger partial charge is 0.437 e. The smallest absolute Gasteiger partial charge is 0.243 e. The highest BCUT2D eigenvalue weighted by Crippen LogP contribution is 2.29. The highest BCUT2D eigenvalue weighted by Gasteiger charge is 2.06. The minimum atomic E-state index is 0.326. The molecule has 0 radical (unpaired) electrons. The molecule has 4 nitrogen and oxygen atoms in total. The van der Waals surface area contributed by atoms with Crippen molar-refractivity contribution < 1.29 is 4.74 Å². The van der Waals surface area contributed by atoms with Gasteiger partial charge in [-0.15, -0.1) is 5.10 Å². The van der Waals surface area contributed by atoms with Gasteiger partial charge in [0, 0.05) is 18.2 Å². The molecule has 1 aromatic heterocycles. The van der Waals surface area contributed by atoms with Gasteiger partial charge in [-0.05, 0) is 18.2 Å². The number of hydrogen-bond acceptors (Lipinski definition) is 4. The van der Waals surface area contributed by atoms with E-state index >= 15 is 0 Å². The predicted octanol–water partition coefficient (Wildman–Crippen LogP) is 3.03. The molecule has 0 spiro atoms. The van der Waals surface area contributed by atoms with Crippen LogP contribution in [0.4, 0.5) is 0 Å². The number of aromatic nitrogens is 2. The summed E-state index contributed by atoms with van der Waals surface area (Å²) in [5, 5.41) is 8.50. The normalized spacial score (nSPS) is 10.3. The van der Waals surface area contributed by atoms with Crippen LogP contribution in [0, 0.1) is 0 Å². The molecule has 0 aliphatic heterocycles. The molecule has 1 heterocycles. The summed E-state index contributed by atoms with van der Waals surface area (Å²) < 4.78 is 5.54. The Labute approximate surface area is 108 Å². The number of halogens is 2. The molecule has 0 bridgehead atoms. The summed E-state index contributed by atoms with van der Waals surface area (Å²) >= 11 is 11.7. The lowest BCUT2D eigenvalue weighted by molar-refractivity contribution is 0.448. The molecule has 0 fully saturated rings. The third kappa shape index (κ3) is 2.85. The van der Waals surface area contributed by atoms with Crippen LogP contribution in [0.25, 0.3) is 0 Å². The second kappa shape index (κ2) is 5.31. The van der Waals surface area contributed by atoms with Gasteiger partial charge in [0.05, 0.1) is 16.2 Å². The van der Waals surface area contributed by atoms with E-state index < -0.39 is 0 Å². The van der Waals surface area contributed by atoms with Crippen molar-refractivity contribution in [2.45, 2.75) is 6.54 Å². The zero-order valence-corrected chi connectivity index (χ0v) is 10.2. The van der Waals surface area contributed by atoms with Gasteiger partial charge in [0.25, 0.3) is 0 Å². The topological polar surface area (TPSA) is 61.0 Å². The molecule has 2 N–H and O–H groups in total. The van der Waals surface area contributed by atoms with Crippen LogP contribution >= 0.6 is 23.2 Å². The van der Waals surface area contributed by atoms with Crippen LogP contribution in [0.5, 0.6) is 11.6 Å². The molecule has 1 aromatic carbocycles. The van der Waals surface area contributed by atoms with Gasteiger partial charge in [-0.25, -0.2) is 0 Å². The van der Waals surface area contributed by atoms with Crippen molar-refractivity contribution in [3.63, 3.8) is 0 Å². The summed E-state index contributed by atoms with van der Waals surface area (Å²) in [6.07, 6.45) is 1.56. The molecule has 2 rings (SSSR count). The van der Waals surface area contributed by atoms with Gasteiger partial charge in [-0.2, -0.15) is 5.10 Å². The number of hydrogen-bond donors (Lipinski definition) is 1. The van der Waals surface area contributed by atoms with Crippen molar-refractivity contribution in [2.24, 2.45) is 5.73 Å². The zero-order chi connectivity index (χ0) is 12.3. The highest BCUT2D eigenvalue weighted by atomic mass is 35.5. The lowest BCUT2D eigenvalue weighted by Gasteiger charge is -2.08. The quantitative estimate of drug-likeness (QED) is 0.931. The summed E-state index contributed by atoms with van der Waals surface area (Å²) in [7, 11) is 0. The van der Waals surface area contributed by atoms with E-state index in [-0.39, 0.29) is 0 Å². The van der Waals surface area contributed by atoms with Crippen LogP contribution in [0.3, 0.4) is 0 Å². The third-order valence-electron chi connectivity index (χ3n) is 2.09. The number of benzene rings is 1. The second-order valence-electron chi connectivity index (χ2n) is 3.24. The van der Waals surface area contributed by atoms with Crippen molar-refractivity contribution in [2.75, 3.05) is 0 Å². The van der Waals surface area contributed by atoms with Crippen LogP contribution in [0.15, 0.2) is 30.5 Å². The Morgan fingerprint density at radius 3 is 2.71 bits per heavy atom. The molecular weight excluding hydrogens is 261 g/mol. The van der Waals surface area contributed by atoms with E-state index in [0.29, 0.717) is 28.2 Å². The summed E-state index contributed by atoms with van der Waals surface area (Å²) in [5.41, 5.74) is 6.33. The number of nitrogens with zero attached hydrogens (tertiary/aromatic N) is 2. The Morgan fingerprint density at radius 1 is 1.18 bits per heavy atom. The molecule has 0 unspecified atom stereocenters. The number of ether oxygens (including phenoxy) is 1. The summed E-state index contributed by atoms with van der Waals surface area (Å²) in [6.45, 7) is 0.326. The van der Waals surface area contributed by atoms with E-state index in [4.69, 9.17) is 33.7 Å². The Bertz CT molecular complexity index is 534. The first kappa shape index (κ1) is 12.1. The lowest BCUT2D eigenvalue weighted by Crippen LogP contribution is -2.02. The fraction of sp³-hybridized carbons (Fsp3) is 0.0909. The Balaban J connectivity index is 2.28. The van der Waals surface area contributed by atoms with E-state index in [9.17, 15) is 0 Å². The van der Waals surface area contributed by atoms with Gasteiger partial charge in [-0.3, -0.25) is 0 Å². The van der Waals surface area contributed by atoms with Crippen LogP contribution in [-0.2, 0) is 6.54 Å². The van der Waals surface area contributed by atoms with Gasteiger partial charge in [0.15, 0.2) is 0 Å². The molecule has 2 aromatic rings. The van der Waals surface area contributed by atoms with Crippen molar-refractivity contribution in [1.29, 1.82) is 0 Å². The van der Waals surface area contributed by atoms with Gasteiger partial charge < -0.3 is 10.5 Å². The standard InChI is InChI=1S/C11H9Cl2N3O/c12-9-2-1-8(5-10(9)13)17-11-7(6-14)3-4-15-16-11/h1-5H,6,14H2. The van der Waals surface area contributed by atoms with E-state index in [2.05, 4.69) is 10.2 Å². The van der Waals surface area contributed by atoms with Crippen LogP contribution in [-0.4, -0.2) is 10.2 Å². The zero-order valence-electron chi connectivity index (χ0n) is 8.73. The molecule has 0 aliphatic carbocycles. The predicted molar refractivity (Wildman–Crippen MR) is 66.5 cm³/mol. The molecule has 88 valence electrons. The third-order valence-corrected chi connectivity index (χ3v) is 2.83. The van der Waals surface area contributed by atoms with Crippen LogP contribution < -0.4 is 10.5 Å². The van der Waals surface area contributed by atoms with Crippen molar-refractivity contribution in [3.05, 3.63) is 46.1 Å². The first-order valence-electron chi connectivity index (χ1n) is 4.84. The van der Waals surface area contributed by atoms with Gasteiger partial charge >= 0.3 is 0 Å². The average molecular weight is 270 g/mol. The minimum absolute atomic E-state index is 0.326. The molecule has 0 saturated heterocycles. The lowest BCUT2D eigenvalue weighted by atomic mass is 10.3. The van der Waals surface area contributed by atoms with Crippen LogP contribution in [0.2, 0.25) is 10.0 Å². The van der Waals surface area contributed by atoms with Crippen molar-refractivity contribution in [3.8, 4) is 11.6 Å². The molecule has 17 heavy (non-hydrogen) atoms. The summed E-state index contributed by atoms with van der Waals surface area (Å²) in [5.74, 6) is 0.906. The average Bonchev–Trinajstić information content (AvgIpc) is 2.34. The maximum Gasteiger partial charge on any atom is 0.243 e. The van der Waals surface area contributed by atoms with Gasteiger partial charge in [-0.1, -0.05) is 23.2 Å². The summed E-state index contributed by atoms with van der Waals surface area (Å²) in [6, 6.07) is 6.71. The molecule has 0 atom stereocenters. The van der Waals surface area contributed by atoms with E-state index in [1.54, 1.807) is 30.5 Å². The van der Waals surface area contributed by atoms with Crippen molar-refractivity contribution in [1.82, 2.24) is 10.2 Å². The van der Waals surface area contributed by atoms with E-state index in [1.165, 1.54) is 0 Å². The number of rotatable bonds is 3. The van der Waals surface area contributed by atoms with Crippen molar-refractivity contribution >= 4 is 23.2 Å². The Kier molecular flexibility index (Phi) is 3.78. The maximum absolute atomic E-state index is 5.88. The first-order chi connectivity index (χ1) is 8.20. The fourth-order valence-electron chi connectivity index (χ4n) is 1.24.